The van der Waals surface area contributed by atoms with Crippen LogP contribution < -0.4 is 5.32 Å². The Morgan fingerprint density at radius 1 is 1.33 bits per heavy atom. The third kappa shape index (κ3) is 1.97. The molecule has 3 aliphatic rings. The summed E-state index contributed by atoms with van der Waals surface area (Å²) in [5.41, 5.74) is 1.95. The van der Waals surface area contributed by atoms with Crippen molar-refractivity contribution in [3.05, 3.63) is 35.5 Å². The number of para-hydroxylation sites is 1. The van der Waals surface area contributed by atoms with E-state index in [4.69, 9.17) is 4.74 Å². The van der Waals surface area contributed by atoms with Crippen LogP contribution >= 0.6 is 0 Å². The Morgan fingerprint density at radius 2 is 2.11 bits per heavy atom. The van der Waals surface area contributed by atoms with Crippen LogP contribution in [0.5, 0.6) is 0 Å². The van der Waals surface area contributed by atoms with E-state index in [1.807, 2.05) is 22.8 Å². The maximum atomic E-state index is 13.3. The van der Waals surface area contributed by atoms with E-state index in [2.05, 4.69) is 11.4 Å². The number of aromatic nitrogens is 1. The maximum absolute atomic E-state index is 13.3. The Kier molecular flexibility index (Phi) is 3.55. The second-order valence-corrected chi connectivity index (χ2v) is 8.19. The molecule has 0 saturated heterocycles. The molecule has 2 N–H and O–H groups in total. The van der Waals surface area contributed by atoms with Crippen LogP contribution in [-0.4, -0.2) is 41.1 Å². The first-order valence-electron chi connectivity index (χ1n) is 9.63. The molecule has 0 unspecified atom stereocenters. The summed E-state index contributed by atoms with van der Waals surface area (Å²) in [5, 5.41) is 15.8. The van der Waals surface area contributed by atoms with Crippen LogP contribution in [0.1, 0.15) is 37.3 Å². The van der Waals surface area contributed by atoms with Crippen LogP contribution in [0.4, 0.5) is 0 Å². The molecule has 1 fully saturated rings. The predicted octanol–water partition coefficient (Wildman–Crippen LogP) is 1.69. The van der Waals surface area contributed by atoms with Crippen LogP contribution in [0.25, 0.3) is 10.9 Å². The van der Waals surface area contributed by atoms with E-state index in [-0.39, 0.29) is 29.6 Å². The second kappa shape index (κ2) is 5.66. The van der Waals surface area contributed by atoms with Crippen molar-refractivity contribution in [1.29, 1.82) is 0 Å². The van der Waals surface area contributed by atoms with E-state index in [9.17, 15) is 14.7 Å². The minimum absolute atomic E-state index is 0.0608. The molecule has 2 bridgehead atoms. The van der Waals surface area contributed by atoms with Gasteiger partial charge in [-0.2, -0.15) is 0 Å². The van der Waals surface area contributed by atoms with Crippen molar-refractivity contribution in [3.8, 4) is 0 Å². The highest BCUT2D eigenvalue weighted by Gasteiger charge is 2.63. The van der Waals surface area contributed by atoms with Gasteiger partial charge >= 0.3 is 5.97 Å². The number of ether oxygens (including phenoxy) is 1. The maximum Gasteiger partial charge on any atom is 0.319 e. The summed E-state index contributed by atoms with van der Waals surface area (Å²) in [5.74, 6) is -0.721. The lowest BCUT2D eigenvalue weighted by atomic mass is 9.57. The van der Waals surface area contributed by atoms with Gasteiger partial charge in [0.1, 0.15) is 17.4 Å². The molecule has 2 aliphatic heterocycles. The molecule has 3 heterocycles. The highest BCUT2D eigenvalue weighted by Crippen LogP contribution is 2.56. The molecule has 0 spiro atoms. The number of methoxy groups -OCH3 is 1. The van der Waals surface area contributed by atoms with Gasteiger partial charge in [-0.1, -0.05) is 18.2 Å². The lowest BCUT2D eigenvalue weighted by Crippen LogP contribution is -2.65. The van der Waals surface area contributed by atoms with Gasteiger partial charge in [0, 0.05) is 29.0 Å². The lowest BCUT2D eigenvalue weighted by molar-refractivity contribution is -0.159. The van der Waals surface area contributed by atoms with Crippen molar-refractivity contribution < 1.29 is 19.4 Å². The Bertz CT molecular complexity index is 964. The Morgan fingerprint density at radius 3 is 2.85 bits per heavy atom. The number of carbonyl (C=O) groups excluding carboxylic acids is 2. The van der Waals surface area contributed by atoms with Crippen LogP contribution in [0.2, 0.25) is 0 Å². The third-order valence-corrected chi connectivity index (χ3v) is 7.01. The molecule has 0 radical (unpaired) electrons. The van der Waals surface area contributed by atoms with Crippen molar-refractivity contribution in [2.75, 3.05) is 13.7 Å². The number of nitrogens with zero attached hydrogens (tertiary/aromatic N) is 1. The number of carbonyl (C=O) groups is 2. The summed E-state index contributed by atoms with van der Waals surface area (Å²) in [6.45, 7) is 2.28. The van der Waals surface area contributed by atoms with Gasteiger partial charge in [-0.3, -0.25) is 9.59 Å². The molecule has 27 heavy (non-hydrogen) atoms. The summed E-state index contributed by atoms with van der Waals surface area (Å²) >= 11 is 0. The Balaban J connectivity index is 1.91. The van der Waals surface area contributed by atoms with Crippen LogP contribution in [0.3, 0.4) is 0 Å². The molecular formula is C21H24N2O4. The molecule has 1 saturated carbocycles. The number of hydrogen-bond donors (Lipinski definition) is 2. The first kappa shape index (κ1) is 17.0. The molecule has 0 amide bonds. The molecule has 142 valence electrons. The van der Waals surface area contributed by atoms with Crippen molar-refractivity contribution in [3.63, 3.8) is 0 Å². The molecule has 1 aromatic carbocycles. The van der Waals surface area contributed by atoms with E-state index in [1.54, 1.807) is 6.92 Å². The number of Topliss-reactive ketones (excluding diaryl/α,β-unsaturated/α-hetero) is 1. The van der Waals surface area contributed by atoms with Gasteiger partial charge in [-0.15, -0.1) is 0 Å². The summed E-state index contributed by atoms with van der Waals surface area (Å²) in [6.07, 6.45) is 1.09. The fourth-order valence-electron chi connectivity index (χ4n) is 6.01. The van der Waals surface area contributed by atoms with Crippen LogP contribution in [0, 0.1) is 11.8 Å². The van der Waals surface area contributed by atoms with E-state index < -0.39 is 11.6 Å². The lowest BCUT2D eigenvalue weighted by Gasteiger charge is -2.53. The number of aliphatic hydroxyl groups excluding tert-OH is 1. The molecule has 2 aromatic rings. The smallest absolute Gasteiger partial charge is 0.319 e. The first-order chi connectivity index (χ1) is 13.0. The van der Waals surface area contributed by atoms with Gasteiger partial charge in [0.15, 0.2) is 0 Å². The number of ketones is 1. The highest BCUT2D eigenvalue weighted by atomic mass is 16.5. The SMILES string of the molecule is COC(=O)[C@@]12C[C@@H]3C[C@@H](C(C)=O)[C@@H]1NCCc1c2n(c2ccccc12)[C@H]3O. The molecular weight excluding hydrogens is 344 g/mol. The minimum Gasteiger partial charge on any atom is -0.468 e. The van der Waals surface area contributed by atoms with Crippen molar-refractivity contribution >= 4 is 22.7 Å². The largest absolute Gasteiger partial charge is 0.468 e. The fourth-order valence-corrected chi connectivity index (χ4v) is 6.01. The standard InChI is InChI=1S/C21H24N2O4/c1-11(24)15-9-12-10-21(20(26)27-2)17(15)22-8-7-14-13-5-3-4-6-16(13)23(18(14)21)19(12)25/h3-6,12,15,17,19,22,25H,7-10H2,1-2H3/t12-,15-,17-,19-,21-/m0/s1. The zero-order valence-corrected chi connectivity index (χ0v) is 15.6. The topological polar surface area (TPSA) is 80.6 Å². The average Bonchev–Trinajstić information content (AvgIpc) is 2.89. The molecule has 6 nitrogen and oxygen atoms in total. The first-order valence-corrected chi connectivity index (χ1v) is 9.63. The van der Waals surface area contributed by atoms with Gasteiger partial charge in [-0.05, 0) is 44.4 Å². The monoisotopic (exact) mass is 368 g/mol. The second-order valence-electron chi connectivity index (χ2n) is 8.19. The summed E-state index contributed by atoms with van der Waals surface area (Å²) in [7, 11) is 1.41. The summed E-state index contributed by atoms with van der Waals surface area (Å²) < 4.78 is 7.26. The van der Waals surface area contributed by atoms with E-state index >= 15 is 0 Å². The number of nitrogens with one attached hydrogen (secondary N) is 1. The number of esters is 1. The van der Waals surface area contributed by atoms with Gasteiger partial charge in [0.2, 0.25) is 0 Å². The van der Waals surface area contributed by atoms with Crippen LogP contribution in [0.15, 0.2) is 24.3 Å². The Labute approximate surface area is 157 Å². The number of hydrogen-bond acceptors (Lipinski definition) is 5. The number of fused-ring (bicyclic) bond motifs is 4. The van der Waals surface area contributed by atoms with E-state index in [0.29, 0.717) is 19.4 Å². The number of rotatable bonds is 2. The summed E-state index contributed by atoms with van der Waals surface area (Å²) in [6, 6.07) is 7.70. The molecule has 1 aromatic heterocycles. The van der Waals surface area contributed by atoms with Crippen molar-refractivity contribution in [1.82, 2.24) is 9.88 Å². The predicted molar refractivity (Wildman–Crippen MR) is 99.3 cm³/mol. The van der Waals surface area contributed by atoms with E-state index in [0.717, 1.165) is 28.6 Å². The Hall–Kier alpha value is -2.18. The zero-order chi connectivity index (χ0) is 18.9. The van der Waals surface area contributed by atoms with Crippen molar-refractivity contribution in [2.24, 2.45) is 11.8 Å². The van der Waals surface area contributed by atoms with E-state index in [1.165, 1.54) is 7.11 Å². The van der Waals surface area contributed by atoms with Gasteiger partial charge in [-0.25, -0.2) is 0 Å². The quantitative estimate of drug-likeness (QED) is 0.789. The summed E-state index contributed by atoms with van der Waals surface area (Å²) in [4.78, 5) is 25.8. The van der Waals surface area contributed by atoms with Gasteiger partial charge in [0.05, 0.1) is 12.6 Å². The fraction of sp³-hybridized carbons (Fsp3) is 0.524. The third-order valence-electron chi connectivity index (χ3n) is 7.01. The minimum atomic E-state index is -0.946. The van der Waals surface area contributed by atoms with Crippen LogP contribution in [-0.2, 0) is 26.2 Å². The molecule has 5 atom stereocenters. The molecule has 5 rings (SSSR count). The highest BCUT2D eigenvalue weighted by molar-refractivity contribution is 5.94. The average molecular weight is 368 g/mol. The normalized spacial score (nSPS) is 34.2. The molecule has 1 aliphatic carbocycles. The zero-order valence-electron chi connectivity index (χ0n) is 15.6. The molecule has 6 heteroatoms. The number of benzene rings is 1. The van der Waals surface area contributed by atoms with Gasteiger partial charge < -0.3 is 19.7 Å². The van der Waals surface area contributed by atoms with Crippen molar-refractivity contribution in [2.45, 2.75) is 43.9 Å². The number of aliphatic hydroxyl groups is 1. The van der Waals surface area contributed by atoms with Gasteiger partial charge in [0.25, 0.3) is 0 Å².